The summed E-state index contributed by atoms with van der Waals surface area (Å²) in [5, 5.41) is 4.07. The molecule has 126 valence electrons. The summed E-state index contributed by atoms with van der Waals surface area (Å²) in [4.78, 5) is 21.1. The number of pyridine rings is 1. The predicted octanol–water partition coefficient (Wildman–Crippen LogP) is 3.00. The van der Waals surface area contributed by atoms with Gasteiger partial charge >= 0.3 is 0 Å². The van der Waals surface area contributed by atoms with Crippen LogP contribution in [-0.2, 0) is 0 Å². The second-order valence-electron chi connectivity index (χ2n) is 6.19. The van der Waals surface area contributed by atoms with Crippen molar-refractivity contribution in [3.63, 3.8) is 0 Å². The molecule has 0 unspecified atom stereocenters. The van der Waals surface area contributed by atoms with E-state index in [0.29, 0.717) is 11.4 Å². The van der Waals surface area contributed by atoms with Crippen LogP contribution < -0.4 is 5.32 Å². The van der Waals surface area contributed by atoms with Gasteiger partial charge in [-0.25, -0.2) is 4.98 Å². The molecule has 0 saturated heterocycles. The van der Waals surface area contributed by atoms with Crippen molar-refractivity contribution in [2.45, 2.75) is 13.8 Å². The summed E-state index contributed by atoms with van der Waals surface area (Å²) in [7, 11) is 3.99. The van der Waals surface area contributed by atoms with Gasteiger partial charge in [-0.2, -0.15) is 0 Å². The fourth-order valence-corrected chi connectivity index (χ4v) is 3.99. The van der Waals surface area contributed by atoms with Crippen molar-refractivity contribution in [2.24, 2.45) is 0 Å². The van der Waals surface area contributed by atoms with Crippen LogP contribution in [0, 0.1) is 13.8 Å². The first-order chi connectivity index (χ1) is 11.5. The van der Waals surface area contributed by atoms with E-state index < -0.39 is 0 Å². The molecule has 0 bridgehead atoms. The van der Waals surface area contributed by atoms with Gasteiger partial charge < -0.3 is 14.8 Å². The quantitative estimate of drug-likeness (QED) is 0.775. The van der Waals surface area contributed by atoms with Gasteiger partial charge in [-0.15, -0.1) is 11.3 Å². The lowest BCUT2D eigenvalue weighted by atomic mass is 10.1. The van der Waals surface area contributed by atoms with Gasteiger partial charge in [0.1, 0.15) is 9.71 Å². The molecule has 6 heteroatoms. The van der Waals surface area contributed by atoms with Crippen molar-refractivity contribution in [2.75, 3.05) is 27.2 Å². The summed E-state index contributed by atoms with van der Waals surface area (Å²) in [5.74, 6) is -0.0411. The number of hydrogen-bond acceptors (Lipinski definition) is 4. The lowest BCUT2D eigenvalue weighted by Gasteiger charge is -2.11. The Morgan fingerprint density at radius 3 is 2.67 bits per heavy atom. The molecule has 0 aromatic carbocycles. The van der Waals surface area contributed by atoms with E-state index in [2.05, 4.69) is 23.3 Å². The highest BCUT2D eigenvalue weighted by Gasteiger charge is 2.21. The van der Waals surface area contributed by atoms with Crippen LogP contribution in [-0.4, -0.2) is 47.5 Å². The second kappa shape index (κ2) is 6.75. The standard InChI is InChI=1S/C18H22N4OS/c1-12-11-13(2)20-18-14(12)15(22-8-5-6-9-22)16(24-18)17(23)19-7-10-21(3)4/h5-6,8-9,11H,7,10H2,1-4H3,(H,19,23). The number of aryl methyl sites for hydroxylation is 2. The molecule has 0 saturated carbocycles. The summed E-state index contributed by atoms with van der Waals surface area (Å²) in [5.41, 5.74) is 3.04. The van der Waals surface area contributed by atoms with Crippen LogP contribution in [0.5, 0.6) is 0 Å². The zero-order valence-corrected chi connectivity index (χ0v) is 15.3. The van der Waals surface area contributed by atoms with E-state index in [1.807, 2.05) is 55.0 Å². The molecule has 0 fully saturated rings. The van der Waals surface area contributed by atoms with Crippen LogP contribution in [0.3, 0.4) is 0 Å². The molecule has 1 N–H and O–H groups in total. The number of carbonyl (C=O) groups excluding carboxylic acids is 1. The van der Waals surface area contributed by atoms with Gasteiger partial charge in [-0.3, -0.25) is 4.79 Å². The van der Waals surface area contributed by atoms with Crippen molar-refractivity contribution in [3.05, 3.63) is 46.7 Å². The maximum Gasteiger partial charge on any atom is 0.263 e. The Balaban J connectivity index is 2.08. The van der Waals surface area contributed by atoms with Crippen molar-refractivity contribution >= 4 is 27.5 Å². The number of thiophene rings is 1. The Labute approximate surface area is 145 Å². The van der Waals surface area contributed by atoms with Gasteiger partial charge in [0.15, 0.2) is 0 Å². The van der Waals surface area contributed by atoms with E-state index in [-0.39, 0.29) is 5.91 Å². The van der Waals surface area contributed by atoms with E-state index in [9.17, 15) is 4.79 Å². The van der Waals surface area contributed by atoms with Gasteiger partial charge in [-0.1, -0.05) is 0 Å². The number of hydrogen-bond donors (Lipinski definition) is 1. The van der Waals surface area contributed by atoms with E-state index in [0.717, 1.165) is 33.7 Å². The van der Waals surface area contributed by atoms with Crippen molar-refractivity contribution in [1.29, 1.82) is 0 Å². The highest BCUT2D eigenvalue weighted by atomic mass is 32.1. The smallest absolute Gasteiger partial charge is 0.263 e. The van der Waals surface area contributed by atoms with E-state index in [1.54, 1.807) is 0 Å². The van der Waals surface area contributed by atoms with Crippen LogP contribution in [0.2, 0.25) is 0 Å². The third-order valence-electron chi connectivity index (χ3n) is 3.88. The number of nitrogens with zero attached hydrogens (tertiary/aromatic N) is 3. The van der Waals surface area contributed by atoms with Crippen molar-refractivity contribution in [1.82, 2.24) is 19.8 Å². The van der Waals surface area contributed by atoms with E-state index >= 15 is 0 Å². The minimum atomic E-state index is -0.0411. The first-order valence-corrected chi connectivity index (χ1v) is 8.76. The molecule has 0 aliphatic heterocycles. The minimum Gasteiger partial charge on any atom is -0.350 e. The molecule has 1 amide bonds. The van der Waals surface area contributed by atoms with Crippen molar-refractivity contribution in [3.8, 4) is 5.69 Å². The average molecular weight is 342 g/mol. The number of aromatic nitrogens is 2. The Hall–Kier alpha value is -2.18. The Morgan fingerprint density at radius 1 is 1.29 bits per heavy atom. The van der Waals surface area contributed by atoms with Gasteiger partial charge in [-0.05, 0) is 51.7 Å². The van der Waals surface area contributed by atoms with Crippen LogP contribution >= 0.6 is 11.3 Å². The van der Waals surface area contributed by atoms with Crippen LogP contribution in [0.25, 0.3) is 15.9 Å². The maximum absolute atomic E-state index is 12.7. The summed E-state index contributed by atoms with van der Waals surface area (Å²) in [6.45, 7) is 5.49. The molecule has 0 aliphatic carbocycles. The number of rotatable bonds is 5. The molecular formula is C18H22N4OS. The zero-order chi connectivity index (χ0) is 17.3. The number of nitrogens with one attached hydrogen (secondary N) is 1. The second-order valence-corrected chi connectivity index (χ2v) is 7.19. The molecule has 0 aliphatic rings. The van der Waals surface area contributed by atoms with Crippen LogP contribution in [0.15, 0.2) is 30.6 Å². The van der Waals surface area contributed by atoms with Gasteiger partial charge in [0.2, 0.25) is 0 Å². The third kappa shape index (κ3) is 3.20. The van der Waals surface area contributed by atoms with Gasteiger partial charge in [0.25, 0.3) is 5.91 Å². The fraction of sp³-hybridized carbons (Fsp3) is 0.333. The zero-order valence-electron chi connectivity index (χ0n) is 14.5. The molecule has 24 heavy (non-hydrogen) atoms. The monoisotopic (exact) mass is 342 g/mol. The third-order valence-corrected chi connectivity index (χ3v) is 4.95. The molecule has 3 aromatic rings. The summed E-state index contributed by atoms with van der Waals surface area (Å²) in [6, 6.07) is 6.00. The molecule has 5 nitrogen and oxygen atoms in total. The Bertz CT molecular complexity index is 865. The summed E-state index contributed by atoms with van der Waals surface area (Å²) in [6.07, 6.45) is 3.94. The number of carbonyl (C=O) groups is 1. The first-order valence-electron chi connectivity index (χ1n) is 7.94. The molecule has 0 radical (unpaired) electrons. The number of fused-ring (bicyclic) bond motifs is 1. The number of likely N-dealkylation sites (N-methyl/N-ethyl adjacent to an activating group) is 1. The fourth-order valence-electron chi connectivity index (χ4n) is 2.78. The van der Waals surface area contributed by atoms with E-state index in [4.69, 9.17) is 0 Å². The summed E-state index contributed by atoms with van der Waals surface area (Å²) < 4.78 is 2.00. The SMILES string of the molecule is Cc1cc(C)c2c(-n3cccc3)c(C(=O)NCCN(C)C)sc2n1. The lowest BCUT2D eigenvalue weighted by molar-refractivity contribution is 0.0955. The molecule has 3 aromatic heterocycles. The maximum atomic E-state index is 12.7. The minimum absolute atomic E-state index is 0.0411. The Morgan fingerprint density at radius 2 is 2.00 bits per heavy atom. The normalized spacial score (nSPS) is 11.4. The molecular weight excluding hydrogens is 320 g/mol. The predicted molar refractivity (Wildman–Crippen MR) is 99.3 cm³/mol. The van der Waals surface area contributed by atoms with Gasteiger partial charge in [0.05, 0.1) is 5.69 Å². The van der Waals surface area contributed by atoms with Crippen LogP contribution in [0.4, 0.5) is 0 Å². The molecule has 3 heterocycles. The molecule has 3 rings (SSSR count). The Kier molecular flexibility index (Phi) is 4.69. The topological polar surface area (TPSA) is 50.2 Å². The van der Waals surface area contributed by atoms with Gasteiger partial charge in [0, 0.05) is 36.6 Å². The van der Waals surface area contributed by atoms with Crippen LogP contribution in [0.1, 0.15) is 20.9 Å². The van der Waals surface area contributed by atoms with Crippen molar-refractivity contribution < 1.29 is 4.79 Å². The largest absolute Gasteiger partial charge is 0.350 e. The van der Waals surface area contributed by atoms with E-state index in [1.165, 1.54) is 11.3 Å². The molecule has 0 spiro atoms. The lowest BCUT2D eigenvalue weighted by Crippen LogP contribution is -2.31. The number of amides is 1. The highest BCUT2D eigenvalue weighted by Crippen LogP contribution is 2.35. The summed E-state index contributed by atoms with van der Waals surface area (Å²) >= 11 is 1.46. The highest BCUT2D eigenvalue weighted by molar-refractivity contribution is 7.21. The average Bonchev–Trinajstić information content (AvgIpc) is 3.12. The first kappa shape index (κ1) is 16.7. The molecule has 0 atom stereocenters.